The molecule has 0 bridgehead atoms. The lowest BCUT2D eigenvalue weighted by molar-refractivity contribution is 0.0886. The van der Waals surface area contributed by atoms with Crippen molar-refractivity contribution >= 4 is 34.8 Å². The quantitative estimate of drug-likeness (QED) is 0.636. The predicted octanol–water partition coefficient (Wildman–Crippen LogP) is 1.81. The topological polar surface area (TPSA) is 44.4 Å². The van der Waals surface area contributed by atoms with Crippen molar-refractivity contribution in [3.63, 3.8) is 0 Å². The Morgan fingerprint density at radius 3 is 2.53 bits per heavy atom. The molecule has 0 aliphatic rings. The number of nitrogens with zero attached hydrogens (tertiary/aromatic N) is 1. The van der Waals surface area contributed by atoms with E-state index in [1.807, 2.05) is 6.92 Å². The van der Waals surface area contributed by atoms with Gasteiger partial charge in [0, 0.05) is 24.2 Å². The molecule has 1 aromatic rings. The van der Waals surface area contributed by atoms with Crippen molar-refractivity contribution < 1.29 is 4.79 Å². The summed E-state index contributed by atoms with van der Waals surface area (Å²) < 4.78 is 0. The van der Waals surface area contributed by atoms with E-state index in [1.54, 1.807) is 31.3 Å². The van der Waals surface area contributed by atoms with Gasteiger partial charge in [-0.3, -0.25) is 15.2 Å². The summed E-state index contributed by atoms with van der Waals surface area (Å²) in [5.74, 6) is -0.232. The lowest BCUT2D eigenvalue weighted by Gasteiger charge is -2.21. The SMILES string of the molecule is CCNC(=S)N(C)NC(=O)c1ccc(Cl)cc1. The van der Waals surface area contributed by atoms with Crippen LogP contribution in [0.15, 0.2) is 24.3 Å². The number of hydrazine groups is 1. The van der Waals surface area contributed by atoms with Gasteiger partial charge < -0.3 is 5.32 Å². The molecule has 2 N–H and O–H groups in total. The zero-order chi connectivity index (χ0) is 12.8. The summed E-state index contributed by atoms with van der Waals surface area (Å²) in [6, 6.07) is 6.64. The predicted molar refractivity (Wildman–Crippen MR) is 73.0 cm³/mol. The molecule has 0 saturated heterocycles. The Morgan fingerprint density at radius 2 is 2.00 bits per heavy atom. The van der Waals surface area contributed by atoms with Gasteiger partial charge in [-0.2, -0.15) is 0 Å². The molecule has 0 aliphatic carbocycles. The average molecular weight is 272 g/mol. The van der Waals surface area contributed by atoms with Crippen LogP contribution < -0.4 is 10.7 Å². The van der Waals surface area contributed by atoms with Crippen molar-refractivity contribution in [1.82, 2.24) is 15.8 Å². The van der Waals surface area contributed by atoms with Crippen molar-refractivity contribution in [2.45, 2.75) is 6.92 Å². The van der Waals surface area contributed by atoms with E-state index < -0.39 is 0 Å². The second kappa shape index (κ2) is 6.42. The zero-order valence-corrected chi connectivity index (χ0v) is 11.2. The third-order valence-electron chi connectivity index (χ3n) is 2.01. The summed E-state index contributed by atoms with van der Waals surface area (Å²) in [4.78, 5) is 11.8. The van der Waals surface area contributed by atoms with E-state index in [9.17, 15) is 4.79 Å². The van der Waals surface area contributed by atoms with Crippen LogP contribution in [0.4, 0.5) is 0 Å². The van der Waals surface area contributed by atoms with Crippen LogP contribution in [0.1, 0.15) is 17.3 Å². The van der Waals surface area contributed by atoms with Crippen LogP contribution in [-0.2, 0) is 0 Å². The minimum Gasteiger partial charge on any atom is -0.361 e. The van der Waals surface area contributed by atoms with Crippen molar-refractivity contribution in [2.75, 3.05) is 13.6 Å². The third kappa shape index (κ3) is 4.20. The standard InChI is InChI=1S/C11H14ClN3OS/c1-3-13-11(17)15(2)14-10(16)8-4-6-9(12)7-5-8/h4-7H,3H2,1-2H3,(H,13,17)(H,14,16). The number of thiocarbonyl (C=S) groups is 1. The van der Waals surface area contributed by atoms with Crippen LogP contribution in [0.2, 0.25) is 5.02 Å². The Morgan fingerprint density at radius 1 is 1.41 bits per heavy atom. The van der Waals surface area contributed by atoms with Gasteiger partial charge in [0.15, 0.2) is 5.11 Å². The van der Waals surface area contributed by atoms with Gasteiger partial charge in [-0.1, -0.05) is 11.6 Å². The van der Waals surface area contributed by atoms with Gasteiger partial charge in [0.25, 0.3) is 5.91 Å². The molecule has 1 aromatic carbocycles. The summed E-state index contributed by atoms with van der Waals surface area (Å²) in [5.41, 5.74) is 3.18. The van der Waals surface area contributed by atoms with Crippen LogP contribution in [0.5, 0.6) is 0 Å². The van der Waals surface area contributed by atoms with E-state index in [2.05, 4.69) is 10.7 Å². The van der Waals surface area contributed by atoms with Crippen molar-refractivity contribution in [2.24, 2.45) is 0 Å². The van der Waals surface area contributed by atoms with Crippen LogP contribution in [0, 0.1) is 0 Å². The van der Waals surface area contributed by atoms with Gasteiger partial charge in [-0.15, -0.1) is 0 Å². The van der Waals surface area contributed by atoms with E-state index in [-0.39, 0.29) is 5.91 Å². The molecular formula is C11H14ClN3OS. The normalized spacial score (nSPS) is 9.59. The molecule has 0 saturated carbocycles. The monoisotopic (exact) mass is 271 g/mol. The van der Waals surface area contributed by atoms with Crippen LogP contribution in [0.3, 0.4) is 0 Å². The zero-order valence-electron chi connectivity index (χ0n) is 9.66. The van der Waals surface area contributed by atoms with E-state index >= 15 is 0 Å². The van der Waals surface area contributed by atoms with Crippen molar-refractivity contribution in [3.8, 4) is 0 Å². The van der Waals surface area contributed by atoms with E-state index in [4.69, 9.17) is 23.8 Å². The maximum Gasteiger partial charge on any atom is 0.269 e. The number of rotatable bonds is 2. The maximum atomic E-state index is 11.8. The van der Waals surface area contributed by atoms with Crippen LogP contribution >= 0.6 is 23.8 Å². The minimum absolute atomic E-state index is 0.232. The molecule has 0 atom stereocenters. The second-order valence-corrected chi connectivity index (χ2v) is 4.17. The van der Waals surface area contributed by atoms with E-state index in [0.29, 0.717) is 22.2 Å². The molecule has 4 nitrogen and oxygen atoms in total. The number of nitrogens with one attached hydrogen (secondary N) is 2. The highest BCUT2D eigenvalue weighted by Crippen LogP contribution is 2.09. The summed E-state index contributed by atoms with van der Waals surface area (Å²) in [5, 5.41) is 5.46. The lowest BCUT2D eigenvalue weighted by Crippen LogP contribution is -2.47. The number of hydrogen-bond acceptors (Lipinski definition) is 2. The molecule has 0 aromatic heterocycles. The third-order valence-corrected chi connectivity index (χ3v) is 2.68. The molecule has 0 unspecified atom stereocenters. The molecule has 1 amide bonds. The molecule has 0 aliphatic heterocycles. The number of halogens is 1. The molecule has 1 rings (SSSR count). The molecule has 17 heavy (non-hydrogen) atoms. The molecule has 0 fully saturated rings. The lowest BCUT2D eigenvalue weighted by atomic mass is 10.2. The minimum atomic E-state index is -0.232. The van der Waals surface area contributed by atoms with Crippen molar-refractivity contribution in [1.29, 1.82) is 0 Å². The van der Waals surface area contributed by atoms with Gasteiger partial charge in [0.05, 0.1) is 0 Å². The fraction of sp³-hybridized carbons (Fsp3) is 0.273. The number of benzene rings is 1. The molecule has 6 heteroatoms. The Hall–Kier alpha value is -1.33. The van der Waals surface area contributed by atoms with Crippen LogP contribution in [-0.4, -0.2) is 29.6 Å². The Balaban J connectivity index is 2.60. The van der Waals surface area contributed by atoms with Gasteiger partial charge in [0.1, 0.15) is 0 Å². The Bertz CT molecular complexity index is 408. The summed E-state index contributed by atoms with van der Waals surface area (Å²) >= 11 is 10.8. The highest BCUT2D eigenvalue weighted by molar-refractivity contribution is 7.80. The first-order chi connectivity index (χ1) is 8.04. The first kappa shape index (κ1) is 13.7. The molecular weight excluding hydrogens is 258 g/mol. The molecule has 0 heterocycles. The van der Waals surface area contributed by atoms with Gasteiger partial charge in [0.2, 0.25) is 0 Å². The van der Waals surface area contributed by atoms with Gasteiger partial charge in [-0.05, 0) is 43.4 Å². The van der Waals surface area contributed by atoms with Gasteiger partial charge >= 0.3 is 0 Å². The fourth-order valence-corrected chi connectivity index (χ4v) is 1.45. The summed E-state index contributed by atoms with van der Waals surface area (Å²) in [7, 11) is 1.68. The summed E-state index contributed by atoms with van der Waals surface area (Å²) in [6.45, 7) is 2.64. The van der Waals surface area contributed by atoms with E-state index in [1.165, 1.54) is 5.01 Å². The highest BCUT2D eigenvalue weighted by Gasteiger charge is 2.09. The number of carbonyl (C=O) groups is 1. The second-order valence-electron chi connectivity index (χ2n) is 3.34. The first-order valence-corrected chi connectivity index (χ1v) is 5.91. The highest BCUT2D eigenvalue weighted by atomic mass is 35.5. The molecule has 0 radical (unpaired) electrons. The largest absolute Gasteiger partial charge is 0.361 e. The molecule has 0 spiro atoms. The average Bonchev–Trinajstić information content (AvgIpc) is 2.30. The fourth-order valence-electron chi connectivity index (χ4n) is 1.14. The molecule has 92 valence electrons. The number of hydrogen-bond donors (Lipinski definition) is 2. The smallest absolute Gasteiger partial charge is 0.269 e. The number of carbonyl (C=O) groups excluding carboxylic acids is 1. The Kier molecular flexibility index (Phi) is 5.18. The van der Waals surface area contributed by atoms with Gasteiger partial charge in [-0.25, -0.2) is 0 Å². The van der Waals surface area contributed by atoms with Crippen molar-refractivity contribution in [3.05, 3.63) is 34.9 Å². The maximum absolute atomic E-state index is 11.8. The Labute approximate surface area is 111 Å². The van der Waals surface area contributed by atoms with E-state index in [0.717, 1.165) is 0 Å². The first-order valence-electron chi connectivity index (χ1n) is 5.12. The summed E-state index contributed by atoms with van der Waals surface area (Å²) in [6.07, 6.45) is 0. The number of amides is 1. The van der Waals surface area contributed by atoms with Crippen LogP contribution in [0.25, 0.3) is 0 Å².